The summed E-state index contributed by atoms with van der Waals surface area (Å²) in [5.41, 5.74) is 9.84. The van der Waals surface area contributed by atoms with Gasteiger partial charge in [0.25, 0.3) is 5.56 Å². The van der Waals surface area contributed by atoms with Crippen LogP contribution in [0.4, 0.5) is 0 Å². The van der Waals surface area contributed by atoms with E-state index in [0.717, 1.165) is 27.5 Å². The third-order valence-electron chi connectivity index (χ3n) is 5.04. The molecule has 2 heterocycles. The molecule has 4 nitrogen and oxygen atoms in total. The Labute approximate surface area is 177 Å². The number of rotatable bonds is 3. The number of halogens is 2. The van der Waals surface area contributed by atoms with Gasteiger partial charge in [-0.1, -0.05) is 42.8 Å². The molecule has 0 spiro atoms. The summed E-state index contributed by atoms with van der Waals surface area (Å²) in [4.78, 5) is 15.4. The molecule has 28 heavy (non-hydrogen) atoms. The Bertz CT molecular complexity index is 1230. The summed E-state index contributed by atoms with van der Waals surface area (Å²) in [6.45, 7) is 4.52. The molecular formula is C21H20Cl2N2O2S. The molecule has 0 aliphatic carbocycles. The molecule has 1 unspecified atom stereocenters. The van der Waals surface area contributed by atoms with Gasteiger partial charge in [-0.05, 0) is 48.2 Å². The van der Waals surface area contributed by atoms with Gasteiger partial charge in [0.15, 0.2) is 0 Å². The summed E-state index contributed by atoms with van der Waals surface area (Å²) in [5, 5.41) is 12.3. The number of aryl methyl sites for hydroxylation is 1. The van der Waals surface area contributed by atoms with Gasteiger partial charge in [-0.3, -0.25) is 4.79 Å². The SMILES string of the molecule is Cc1cc(O)c(-c2ccc(C(C)CN)cc2)c2c1[nH]c(=O)c1sc(Cl)cc12.Cl. The monoisotopic (exact) mass is 434 g/mol. The number of benzene rings is 2. The fourth-order valence-electron chi connectivity index (χ4n) is 3.52. The topological polar surface area (TPSA) is 79.1 Å². The molecule has 2 aromatic heterocycles. The molecule has 0 fully saturated rings. The molecule has 0 saturated carbocycles. The lowest BCUT2D eigenvalue weighted by atomic mass is 9.93. The Balaban J connectivity index is 0.00000225. The average Bonchev–Trinajstić information content (AvgIpc) is 3.05. The quantitative estimate of drug-likeness (QED) is 0.394. The zero-order chi connectivity index (χ0) is 19.3. The lowest BCUT2D eigenvalue weighted by molar-refractivity contribution is 0.477. The Morgan fingerprint density at radius 3 is 2.57 bits per heavy atom. The molecule has 0 aliphatic heterocycles. The summed E-state index contributed by atoms with van der Waals surface area (Å²) in [5.74, 6) is 0.441. The molecule has 1 atom stereocenters. The molecule has 0 amide bonds. The standard InChI is InChI=1S/C21H19ClN2O2S.ClH/c1-10-7-15(25)17(13-5-3-12(4-6-13)11(2)9-23)18-14-8-16(22)27-20(14)21(26)24-19(10)18;/h3-8,11,25H,9,23H2,1-2H3,(H,24,26);1H. The van der Waals surface area contributed by atoms with Crippen LogP contribution in [0.3, 0.4) is 0 Å². The number of phenolic OH excluding ortho intramolecular Hbond substituents is 1. The van der Waals surface area contributed by atoms with Crippen molar-refractivity contribution in [1.82, 2.24) is 4.98 Å². The van der Waals surface area contributed by atoms with E-state index < -0.39 is 0 Å². The number of hydrogen-bond donors (Lipinski definition) is 3. The number of hydrogen-bond acceptors (Lipinski definition) is 4. The molecule has 4 N–H and O–H groups in total. The molecule has 0 bridgehead atoms. The molecule has 146 valence electrons. The number of nitrogens with one attached hydrogen (secondary N) is 1. The summed E-state index contributed by atoms with van der Waals surface area (Å²) in [7, 11) is 0. The van der Waals surface area contributed by atoms with Crippen molar-refractivity contribution in [2.45, 2.75) is 19.8 Å². The highest BCUT2D eigenvalue weighted by molar-refractivity contribution is 7.22. The summed E-state index contributed by atoms with van der Waals surface area (Å²) in [6.07, 6.45) is 0. The van der Waals surface area contributed by atoms with E-state index in [1.165, 1.54) is 11.3 Å². The fourth-order valence-corrected chi connectivity index (χ4v) is 4.65. The van der Waals surface area contributed by atoms with Gasteiger partial charge in [-0.2, -0.15) is 0 Å². The number of aromatic hydroxyl groups is 1. The Hall–Kier alpha value is -2.05. The molecule has 7 heteroatoms. The number of aromatic amines is 1. The normalized spacial score (nSPS) is 12.3. The van der Waals surface area contributed by atoms with Gasteiger partial charge in [-0.15, -0.1) is 23.7 Å². The van der Waals surface area contributed by atoms with Gasteiger partial charge < -0.3 is 15.8 Å². The van der Waals surface area contributed by atoms with E-state index in [0.29, 0.717) is 26.7 Å². The lowest BCUT2D eigenvalue weighted by Crippen LogP contribution is -2.08. The second kappa shape index (κ2) is 7.76. The van der Waals surface area contributed by atoms with Crippen LogP contribution in [0.2, 0.25) is 4.34 Å². The van der Waals surface area contributed by atoms with Gasteiger partial charge >= 0.3 is 0 Å². The molecule has 0 saturated heterocycles. The number of aromatic nitrogens is 1. The van der Waals surface area contributed by atoms with E-state index in [1.807, 2.05) is 31.2 Å². The lowest BCUT2D eigenvalue weighted by Gasteiger charge is -2.14. The maximum atomic E-state index is 12.5. The van der Waals surface area contributed by atoms with Crippen LogP contribution in [0.15, 0.2) is 41.2 Å². The highest BCUT2D eigenvalue weighted by Crippen LogP contribution is 2.42. The van der Waals surface area contributed by atoms with E-state index in [9.17, 15) is 9.90 Å². The van der Waals surface area contributed by atoms with Gasteiger partial charge in [0.1, 0.15) is 10.4 Å². The smallest absolute Gasteiger partial charge is 0.266 e. The minimum Gasteiger partial charge on any atom is -0.507 e. The van der Waals surface area contributed by atoms with Crippen LogP contribution in [0.1, 0.15) is 24.0 Å². The minimum absolute atomic E-state index is 0. The first-order chi connectivity index (χ1) is 12.9. The van der Waals surface area contributed by atoms with Crippen LogP contribution in [0, 0.1) is 6.92 Å². The number of pyridine rings is 1. The number of phenols is 1. The Morgan fingerprint density at radius 2 is 1.93 bits per heavy atom. The van der Waals surface area contributed by atoms with Crippen LogP contribution < -0.4 is 11.3 Å². The second-order valence-corrected chi connectivity index (χ2v) is 8.53. The van der Waals surface area contributed by atoms with Gasteiger partial charge in [0.2, 0.25) is 0 Å². The largest absolute Gasteiger partial charge is 0.507 e. The third-order valence-corrected chi connectivity index (χ3v) is 6.30. The first kappa shape index (κ1) is 20.7. The maximum absolute atomic E-state index is 12.5. The molecule has 0 radical (unpaired) electrons. The van der Waals surface area contributed by atoms with Crippen LogP contribution >= 0.6 is 35.3 Å². The number of H-pyrrole nitrogens is 1. The predicted molar refractivity (Wildman–Crippen MR) is 122 cm³/mol. The Kier molecular flexibility index (Phi) is 5.73. The van der Waals surface area contributed by atoms with Gasteiger partial charge in [-0.25, -0.2) is 0 Å². The number of thiophene rings is 1. The highest BCUT2D eigenvalue weighted by atomic mass is 35.5. The van der Waals surface area contributed by atoms with Crippen LogP contribution in [-0.2, 0) is 0 Å². The average molecular weight is 435 g/mol. The maximum Gasteiger partial charge on any atom is 0.266 e. The van der Waals surface area contributed by atoms with Gasteiger partial charge in [0.05, 0.1) is 9.85 Å². The van der Waals surface area contributed by atoms with Crippen molar-refractivity contribution in [2.75, 3.05) is 6.54 Å². The first-order valence-electron chi connectivity index (χ1n) is 8.68. The van der Waals surface area contributed by atoms with E-state index in [-0.39, 0.29) is 29.6 Å². The van der Waals surface area contributed by atoms with E-state index in [4.69, 9.17) is 17.3 Å². The van der Waals surface area contributed by atoms with Gasteiger partial charge in [0, 0.05) is 16.3 Å². The van der Waals surface area contributed by atoms with Crippen molar-refractivity contribution in [3.8, 4) is 16.9 Å². The molecule has 0 aliphatic rings. The van der Waals surface area contributed by atoms with E-state index >= 15 is 0 Å². The van der Waals surface area contributed by atoms with Crippen molar-refractivity contribution in [1.29, 1.82) is 0 Å². The Morgan fingerprint density at radius 1 is 1.25 bits per heavy atom. The number of nitrogens with two attached hydrogens (primary N) is 1. The number of fused-ring (bicyclic) bond motifs is 3. The second-order valence-electron chi connectivity index (χ2n) is 6.84. The van der Waals surface area contributed by atoms with Crippen LogP contribution in [0.25, 0.3) is 32.1 Å². The van der Waals surface area contributed by atoms with Crippen molar-refractivity contribution in [2.24, 2.45) is 5.73 Å². The zero-order valence-electron chi connectivity index (χ0n) is 15.4. The highest BCUT2D eigenvalue weighted by Gasteiger charge is 2.18. The van der Waals surface area contributed by atoms with Crippen molar-refractivity contribution in [3.63, 3.8) is 0 Å². The zero-order valence-corrected chi connectivity index (χ0v) is 17.8. The molecular weight excluding hydrogens is 415 g/mol. The van der Waals surface area contributed by atoms with E-state index in [2.05, 4.69) is 11.9 Å². The fraction of sp³-hybridized carbons (Fsp3) is 0.190. The van der Waals surface area contributed by atoms with Crippen LogP contribution in [-0.4, -0.2) is 16.6 Å². The molecule has 4 aromatic rings. The van der Waals surface area contributed by atoms with Crippen molar-refractivity contribution < 1.29 is 5.11 Å². The molecule has 2 aromatic carbocycles. The van der Waals surface area contributed by atoms with Crippen molar-refractivity contribution >= 4 is 56.3 Å². The first-order valence-corrected chi connectivity index (χ1v) is 9.88. The minimum atomic E-state index is -0.166. The molecule has 4 rings (SSSR count). The van der Waals surface area contributed by atoms with E-state index in [1.54, 1.807) is 12.1 Å². The summed E-state index contributed by atoms with van der Waals surface area (Å²) < 4.78 is 1.11. The van der Waals surface area contributed by atoms with Crippen molar-refractivity contribution in [3.05, 3.63) is 62.2 Å². The predicted octanol–water partition coefficient (Wildman–Crippen LogP) is 5.56. The third kappa shape index (κ3) is 3.29. The van der Waals surface area contributed by atoms with Crippen LogP contribution in [0.5, 0.6) is 5.75 Å². The summed E-state index contributed by atoms with van der Waals surface area (Å²) >= 11 is 7.44. The summed E-state index contributed by atoms with van der Waals surface area (Å²) in [6, 6.07) is 11.5.